The molecule has 1 fully saturated rings. The van der Waals surface area contributed by atoms with Crippen molar-refractivity contribution in [2.45, 2.75) is 44.4 Å². The molecule has 1 saturated heterocycles. The van der Waals surface area contributed by atoms with Crippen LogP contribution >= 0.6 is 11.8 Å². The Morgan fingerprint density at radius 1 is 1.46 bits per heavy atom. The number of ether oxygens (including phenoxy) is 1. The van der Waals surface area contributed by atoms with E-state index in [4.69, 9.17) is 4.74 Å². The fourth-order valence-corrected chi connectivity index (χ4v) is 4.02. The van der Waals surface area contributed by atoms with Gasteiger partial charge in [-0.15, -0.1) is 0 Å². The van der Waals surface area contributed by atoms with Gasteiger partial charge in [-0.05, 0) is 31.4 Å². The SMILES string of the molecule is CC(C)C[C@@H]1C[C@](C)(C(=O)CSc2nc3ccccc3[nH]2)OC1=O. The van der Waals surface area contributed by atoms with E-state index < -0.39 is 5.60 Å². The number of Topliss-reactive ketones (excluding diaryl/α,β-unsaturated/α-hetero) is 1. The van der Waals surface area contributed by atoms with E-state index in [0.29, 0.717) is 17.5 Å². The lowest BCUT2D eigenvalue weighted by atomic mass is 9.88. The summed E-state index contributed by atoms with van der Waals surface area (Å²) in [6.07, 6.45) is 1.24. The van der Waals surface area contributed by atoms with Crippen LogP contribution in [0.5, 0.6) is 0 Å². The van der Waals surface area contributed by atoms with Crippen LogP contribution in [-0.4, -0.2) is 33.1 Å². The highest BCUT2D eigenvalue weighted by Gasteiger charge is 2.48. The van der Waals surface area contributed by atoms with Crippen LogP contribution in [0.4, 0.5) is 0 Å². The van der Waals surface area contributed by atoms with E-state index in [-0.39, 0.29) is 23.4 Å². The first-order valence-electron chi connectivity index (χ1n) is 8.21. The van der Waals surface area contributed by atoms with Crippen molar-refractivity contribution < 1.29 is 14.3 Å². The summed E-state index contributed by atoms with van der Waals surface area (Å²) in [6, 6.07) is 7.74. The molecule has 3 rings (SSSR count). The highest BCUT2D eigenvalue weighted by atomic mass is 32.2. The Hall–Kier alpha value is -1.82. The van der Waals surface area contributed by atoms with Gasteiger partial charge < -0.3 is 9.72 Å². The molecule has 1 aliphatic rings. The van der Waals surface area contributed by atoms with Gasteiger partial charge in [0.15, 0.2) is 16.5 Å². The molecule has 0 radical (unpaired) electrons. The first kappa shape index (κ1) is 17.0. The number of hydrogen-bond acceptors (Lipinski definition) is 5. The summed E-state index contributed by atoms with van der Waals surface area (Å²) in [5.74, 6) is 0.166. The summed E-state index contributed by atoms with van der Waals surface area (Å²) in [4.78, 5) is 32.3. The Bertz CT molecular complexity index is 737. The van der Waals surface area contributed by atoms with Gasteiger partial charge in [0.25, 0.3) is 0 Å². The van der Waals surface area contributed by atoms with Crippen LogP contribution in [0.3, 0.4) is 0 Å². The molecule has 1 aromatic heterocycles. The van der Waals surface area contributed by atoms with E-state index in [2.05, 4.69) is 23.8 Å². The lowest BCUT2D eigenvalue weighted by Gasteiger charge is -2.20. The highest BCUT2D eigenvalue weighted by Crippen LogP contribution is 2.36. The minimum atomic E-state index is -1.00. The largest absolute Gasteiger partial charge is 0.451 e. The monoisotopic (exact) mass is 346 g/mol. The summed E-state index contributed by atoms with van der Waals surface area (Å²) in [6.45, 7) is 5.87. The van der Waals surface area contributed by atoms with Gasteiger partial charge in [0.2, 0.25) is 0 Å². The Kier molecular flexibility index (Phi) is 4.67. The number of H-pyrrole nitrogens is 1. The minimum Gasteiger partial charge on any atom is -0.451 e. The van der Waals surface area contributed by atoms with Gasteiger partial charge in [0, 0.05) is 6.42 Å². The maximum atomic E-state index is 12.6. The molecule has 1 N–H and O–H groups in total. The van der Waals surface area contributed by atoms with E-state index in [1.165, 1.54) is 11.8 Å². The van der Waals surface area contributed by atoms with Crippen LogP contribution in [0.2, 0.25) is 0 Å². The van der Waals surface area contributed by atoms with Gasteiger partial charge in [-0.3, -0.25) is 9.59 Å². The average Bonchev–Trinajstić information content (AvgIpc) is 3.05. The molecule has 2 atom stereocenters. The van der Waals surface area contributed by atoms with Crippen molar-refractivity contribution in [3.05, 3.63) is 24.3 Å². The molecule has 24 heavy (non-hydrogen) atoms. The van der Waals surface area contributed by atoms with E-state index in [0.717, 1.165) is 17.5 Å². The Balaban J connectivity index is 1.63. The molecule has 1 aliphatic heterocycles. The summed E-state index contributed by atoms with van der Waals surface area (Å²) in [5, 5.41) is 0.705. The zero-order valence-electron chi connectivity index (χ0n) is 14.2. The summed E-state index contributed by atoms with van der Waals surface area (Å²) in [7, 11) is 0. The number of hydrogen-bond donors (Lipinski definition) is 1. The predicted octanol–water partition coefficient (Wildman–Crippen LogP) is 3.59. The fourth-order valence-electron chi connectivity index (χ4n) is 3.10. The third kappa shape index (κ3) is 3.48. The van der Waals surface area contributed by atoms with Gasteiger partial charge >= 0.3 is 5.97 Å². The second-order valence-electron chi connectivity index (χ2n) is 6.95. The molecule has 2 heterocycles. The van der Waals surface area contributed by atoms with Crippen molar-refractivity contribution >= 4 is 34.5 Å². The van der Waals surface area contributed by atoms with Crippen molar-refractivity contribution in [1.82, 2.24) is 9.97 Å². The molecule has 0 unspecified atom stereocenters. The van der Waals surface area contributed by atoms with Gasteiger partial charge in [0.1, 0.15) is 0 Å². The van der Waals surface area contributed by atoms with Crippen LogP contribution in [0.15, 0.2) is 29.4 Å². The van der Waals surface area contributed by atoms with Crippen LogP contribution < -0.4 is 0 Å². The summed E-state index contributed by atoms with van der Waals surface area (Å²) < 4.78 is 5.44. The summed E-state index contributed by atoms with van der Waals surface area (Å²) >= 11 is 1.35. The third-order valence-electron chi connectivity index (χ3n) is 4.35. The number of ketones is 1. The number of rotatable bonds is 6. The number of esters is 1. The number of para-hydroxylation sites is 2. The molecule has 2 aromatic rings. The predicted molar refractivity (Wildman–Crippen MR) is 93.9 cm³/mol. The smallest absolute Gasteiger partial charge is 0.310 e. The lowest BCUT2D eigenvalue weighted by Crippen LogP contribution is -2.36. The first-order valence-corrected chi connectivity index (χ1v) is 9.19. The molecule has 0 amide bonds. The Morgan fingerprint density at radius 2 is 2.21 bits per heavy atom. The first-order chi connectivity index (χ1) is 11.4. The molecule has 128 valence electrons. The molecule has 0 saturated carbocycles. The Labute approximate surface area is 145 Å². The normalized spacial score (nSPS) is 23.8. The molecule has 0 aliphatic carbocycles. The number of benzene rings is 1. The second-order valence-corrected chi connectivity index (χ2v) is 7.92. The number of aromatic nitrogens is 2. The number of aromatic amines is 1. The molecule has 0 bridgehead atoms. The quantitative estimate of drug-likeness (QED) is 0.639. The number of carbonyl (C=O) groups is 2. The van der Waals surface area contributed by atoms with Crippen LogP contribution in [0, 0.1) is 11.8 Å². The number of nitrogens with one attached hydrogen (secondary N) is 1. The van der Waals surface area contributed by atoms with Gasteiger partial charge in [-0.25, -0.2) is 4.98 Å². The third-order valence-corrected chi connectivity index (χ3v) is 5.22. The maximum absolute atomic E-state index is 12.6. The number of carbonyl (C=O) groups excluding carboxylic acids is 2. The molecular formula is C18H22N2O3S. The molecule has 0 spiro atoms. The fraction of sp³-hybridized carbons (Fsp3) is 0.500. The standard InChI is InChI=1S/C18H22N2O3S/c1-11(2)8-12-9-18(3,23-16(12)22)15(21)10-24-17-19-13-6-4-5-7-14(13)20-17/h4-7,11-12H,8-10H2,1-3H3,(H,19,20)/t12-,18-/m1/s1. The van der Waals surface area contributed by atoms with Gasteiger partial charge in [0.05, 0.1) is 22.7 Å². The van der Waals surface area contributed by atoms with Crippen LogP contribution in [0.1, 0.15) is 33.6 Å². The van der Waals surface area contributed by atoms with Crippen molar-refractivity contribution in [3.8, 4) is 0 Å². The molecular weight excluding hydrogens is 324 g/mol. The van der Waals surface area contributed by atoms with E-state index in [1.807, 2.05) is 24.3 Å². The zero-order chi connectivity index (χ0) is 17.3. The molecule has 5 nitrogen and oxygen atoms in total. The van der Waals surface area contributed by atoms with Crippen molar-refractivity contribution in [2.75, 3.05) is 5.75 Å². The number of fused-ring (bicyclic) bond motifs is 1. The number of imidazole rings is 1. The average molecular weight is 346 g/mol. The van der Waals surface area contributed by atoms with Crippen molar-refractivity contribution in [3.63, 3.8) is 0 Å². The zero-order valence-corrected chi connectivity index (χ0v) is 15.0. The van der Waals surface area contributed by atoms with Crippen LogP contribution in [0.25, 0.3) is 11.0 Å². The second kappa shape index (κ2) is 6.59. The van der Waals surface area contributed by atoms with E-state index in [9.17, 15) is 9.59 Å². The van der Waals surface area contributed by atoms with Crippen LogP contribution in [-0.2, 0) is 14.3 Å². The van der Waals surface area contributed by atoms with Crippen molar-refractivity contribution in [1.29, 1.82) is 0 Å². The molecule has 6 heteroatoms. The summed E-state index contributed by atoms with van der Waals surface area (Å²) in [5.41, 5.74) is 0.821. The van der Waals surface area contributed by atoms with Gasteiger partial charge in [-0.2, -0.15) is 0 Å². The molecule has 1 aromatic carbocycles. The minimum absolute atomic E-state index is 0.0624. The highest BCUT2D eigenvalue weighted by molar-refractivity contribution is 7.99. The number of cyclic esters (lactones) is 1. The van der Waals surface area contributed by atoms with Gasteiger partial charge in [-0.1, -0.05) is 37.7 Å². The lowest BCUT2D eigenvalue weighted by molar-refractivity contribution is -0.156. The number of thioether (sulfide) groups is 1. The van der Waals surface area contributed by atoms with E-state index in [1.54, 1.807) is 6.92 Å². The Morgan fingerprint density at radius 3 is 2.92 bits per heavy atom. The topological polar surface area (TPSA) is 72.1 Å². The van der Waals surface area contributed by atoms with Crippen molar-refractivity contribution in [2.24, 2.45) is 11.8 Å². The maximum Gasteiger partial charge on any atom is 0.310 e. The number of nitrogens with zero attached hydrogens (tertiary/aromatic N) is 1. The van der Waals surface area contributed by atoms with E-state index >= 15 is 0 Å².